The lowest BCUT2D eigenvalue weighted by Crippen LogP contribution is -2.32. The highest BCUT2D eigenvalue weighted by molar-refractivity contribution is 7.98. The summed E-state index contributed by atoms with van der Waals surface area (Å²) in [6, 6.07) is 1.03. The normalized spacial score (nSPS) is 12.7. The van der Waals surface area contributed by atoms with Gasteiger partial charge in [-0.1, -0.05) is 0 Å². The Balaban J connectivity index is 2.18. The molecule has 0 aliphatic heterocycles. The summed E-state index contributed by atoms with van der Waals surface area (Å²) in [5.74, 6) is 0.0661. The van der Waals surface area contributed by atoms with E-state index in [1.54, 1.807) is 10.9 Å². The van der Waals surface area contributed by atoms with E-state index < -0.39 is 12.0 Å². The van der Waals surface area contributed by atoms with Crippen molar-refractivity contribution in [3.63, 3.8) is 0 Å². The van der Waals surface area contributed by atoms with Gasteiger partial charge in [0.1, 0.15) is 6.04 Å². The molecule has 0 amide bonds. The predicted octanol–water partition coefficient (Wildman–Crippen LogP) is -0.0143. The lowest BCUT2D eigenvalue weighted by Gasteiger charge is -2.05. The van der Waals surface area contributed by atoms with Crippen molar-refractivity contribution >= 4 is 17.7 Å². The minimum absolute atomic E-state index is 0.398. The van der Waals surface area contributed by atoms with Crippen LogP contribution < -0.4 is 5.73 Å². The van der Waals surface area contributed by atoms with Crippen molar-refractivity contribution in [1.82, 2.24) is 9.78 Å². The van der Waals surface area contributed by atoms with Gasteiger partial charge in [0.25, 0.3) is 0 Å². The Hall–Kier alpha value is -1.01. The standard InChI is InChI=1S/C7H11N3O2S/c8-6(7(11)12)4-13-5-10-3-1-2-9-10/h1-3,6H,4-5,8H2,(H,11,12)/t6-/m1/s1. The molecule has 3 N–H and O–H groups in total. The van der Waals surface area contributed by atoms with E-state index in [1.807, 2.05) is 12.3 Å². The van der Waals surface area contributed by atoms with Gasteiger partial charge in [0.05, 0.1) is 5.88 Å². The molecule has 0 bridgehead atoms. The summed E-state index contributed by atoms with van der Waals surface area (Å²) in [5.41, 5.74) is 5.31. The number of nitrogens with zero attached hydrogens (tertiary/aromatic N) is 2. The summed E-state index contributed by atoms with van der Waals surface area (Å²) in [5, 5.41) is 12.4. The molecular formula is C7H11N3O2S. The van der Waals surface area contributed by atoms with Gasteiger partial charge in [-0.25, -0.2) is 0 Å². The average Bonchev–Trinajstić information content (AvgIpc) is 2.56. The maximum absolute atomic E-state index is 10.3. The van der Waals surface area contributed by atoms with Gasteiger partial charge < -0.3 is 10.8 Å². The van der Waals surface area contributed by atoms with Crippen LogP contribution in [0.15, 0.2) is 18.5 Å². The number of aliphatic carboxylic acids is 1. The van der Waals surface area contributed by atoms with E-state index in [1.165, 1.54) is 11.8 Å². The van der Waals surface area contributed by atoms with Crippen molar-refractivity contribution in [3.05, 3.63) is 18.5 Å². The van der Waals surface area contributed by atoms with Crippen LogP contribution in [0.5, 0.6) is 0 Å². The summed E-state index contributed by atoms with van der Waals surface area (Å²) in [6.45, 7) is 0. The van der Waals surface area contributed by atoms with Crippen molar-refractivity contribution in [1.29, 1.82) is 0 Å². The largest absolute Gasteiger partial charge is 0.480 e. The van der Waals surface area contributed by atoms with Crippen molar-refractivity contribution in [3.8, 4) is 0 Å². The fraction of sp³-hybridized carbons (Fsp3) is 0.429. The van der Waals surface area contributed by atoms with Gasteiger partial charge >= 0.3 is 5.97 Å². The van der Waals surface area contributed by atoms with Crippen LogP contribution in [0.25, 0.3) is 0 Å². The molecule has 5 nitrogen and oxygen atoms in total. The molecule has 0 spiro atoms. The first-order valence-corrected chi connectivity index (χ1v) is 4.89. The minimum atomic E-state index is -0.965. The number of rotatable bonds is 5. The first kappa shape index (κ1) is 10.1. The topological polar surface area (TPSA) is 81.1 Å². The van der Waals surface area contributed by atoms with Crippen molar-refractivity contribution in [2.75, 3.05) is 5.75 Å². The summed E-state index contributed by atoms with van der Waals surface area (Å²) in [7, 11) is 0. The number of aromatic nitrogens is 2. The van der Waals surface area contributed by atoms with E-state index in [0.29, 0.717) is 11.6 Å². The summed E-state index contributed by atoms with van der Waals surface area (Å²) in [6.07, 6.45) is 3.50. The van der Waals surface area contributed by atoms with E-state index in [-0.39, 0.29) is 0 Å². The molecule has 0 radical (unpaired) electrons. The number of nitrogens with two attached hydrogens (primary N) is 1. The number of carboxylic acid groups (broad SMARTS) is 1. The van der Waals surface area contributed by atoms with Gasteiger partial charge in [0.15, 0.2) is 0 Å². The highest BCUT2D eigenvalue weighted by Gasteiger charge is 2.10. The summed E-state index contributed by atoms with van der Waals surface area (Å²) >= 11 is 1.44. The predicted molar refractivity (Wildman–Crippen MR) is 50.3 cm³/mol. The Morgan fingerprint density at radius 3 is 3.08 bits per heavy atom. The average molecular weight is 201 g/mol. The highest BCUT2D eigenvalue weighted by atomic mass is 32.2. The first-order chi connectivity index (χ1) is 6.20. The van der Waals surface area contributed by atoms with Crippen LogP contribution in [0.1, 0.15) is 0 Å². The second-order valence-electron chi connectivity index (χ2n) is 2.49. The maximum Gasteiger partial charge on any atom is 0.321 e. The van der Waals surface area contributed by atoms with Crippen molar-refractivity contribution < 1.29 is 9.90 Å². The van der Waals surface area contributed by atoms with Crippen LogP contribution in [0, 0.1) is 0 Å². The molecule has 1 rings (SSSR count). The third-order valence-corrected chi connectivity index (χ3v) is 2.44. The monoisotopic (exact) mass is 201 g/mol. The van der Waals surface area contributed by atoms with Gasteiger partial charge in [-0.05, 0) is 6.07 Å². The Kier molecular flexibility index (Phi) is 3.78. The fourth-order valence-electron chi connectivity index (χ4n) is 0.721. The molecule has 0 saturated heterocycles. The maximum atomic E-state index is 10.3. The van der Waals surface area contributed by atoms with E-state index in [4.69, 9.17) is 10.8 Å². The molecule has 13 heavy (non-hydrogen) atoms. The van der Waals surface area contributed by atoms with Gasteiger partial charge in [0.2, 0.25) is 0 Å². The molecule has 1 atom stereocenters. The molecule has 0 aliphatic rings. The highest BCUT2D eigenvalue weighted by Crippen LogP contribution is 2.04. The molecule has 0 unspecified atom stereocenters. The second-order valence-corrected chi connectivity index (χ2v) is 3.49. The van der Waals surface area contributed by atoms with Crippen LogP contribution >= 0.6 is 11.8 Å². The zero-order valence-electron chi connectivity index (χ0n) is 6.96. The number of carboxylic acids is 1. The quantitative estimate of drug-likeness (QED) is 0.700. The Morgan fingerprint density at radius 2 is 2.54 bits per heavy atom. The molecule has 0 saturated carbocycles. The number of hydrogen-bond acceptors (Lipinski definition) is 4. The van der Waals surface area contributed by atoms with Crippen LogP contribution in [0.3, 0.4) is 0 Å². The molecule has 72 valence electrons. The summed E-state index contributed by atoms with van der Waals surface area (Å²) in [4.78, 5) is 10.3. The van der Waals surface area contributed by atoms with Crippen molar-refractivity contribution in [2.45, 2.75) is 11.9 Å². The fourth-order valence-corrected chi connectivity index (χ4v) is 1.56. The van der Waals surface area contributed by atoms with E-state index in [9.17, 15) is 4.79 Å². The van der Waals surface area contributed by atoms with Gasteiger partial charge in [-0.2, -0.15) is 5.10 Å². The lowest BCUT2D eigenvalue weighted by atomic mass is 10.4. The number of thioether (sulfide) groups is 1. The Bertz CT molecular complexity index is 263. The van der Waals surface area contributed by atoms with E-state index in [0.717, 1.165) is 0 Å². The van der Waals surface area contributed by atoms with Crippen LogP contribution in [-0.4, -0.2) is 32.7 Å². The number of carbonyl (C=O) groups is 1. The molecule has 6 heteroatoms. The van der Waals surface area contributed by atoms with Crippen LogP contribution in [0.4, 0.5) is 0 Å². The van der Waals surface area contributed by atoms with E-state index >= 15 is 0 Å². The zero-order valence-corrected chi connectivity index (χ0v) is 7.78. The molecule has 1 aromatic heterocycles. The number of hydrogen-bond donors (Lipinski definition) is 2. The third kappa shape index (κ3) is 3.47. The zero-order chi connectivity index (χ0) is 9.68. The first-order valence-electron chi connectivity index (χ1n) is 3.73. The molecule has 0 aromatic carbocycles. The SMILES string of the molecule is N[C@H](CSCn1cccn1)C(=O)O. The molecule has 1 heterocycles. The van der Waals surface area contributed by atoms with Gasteiger partial charge in [-0.15, -0.1) is 11.8 Å². The minimum Gasteiger partial charge on any atom is -0.480 e. The van der Waals surface area contributed by atoms with E-state index in [2.05, 4.69) is 5.10 Å². The van der Waals surface area contributed by atoms with Gasteiger partial charge in [0, 0.05) is 18.1 Å². The second kappa shape index (κ2) is 4.88. The molecule has 1 aromatic rings. The molecular weight excluding hydrogens is 190 g/mol. The summed E-state index contributed by atoms with van der Waals surface area (Å²) < 4.78 is 1.72. The smallest absolute Gasteiger partial charge is 0.321 e. The van der Waals surface area contributed by atoms with Crippen LogP contribution in [-0.2, 0) is 10.7 Å². The molecule has 0 aliphatic carbocycles. The molecule has 0 fully saturated rings. The third-order valence-electron chi connectivity index (χ3n) is 1.40. The lowest BCUT2D eigenvalue weighted by molar-refractivity contribution is -0.137. The van der Waals surface area contributed by atoms with Gasteiger partial charge in [-0.3, -0.25) is 9.48 Å². The Labute approximate surface area is 79.9 Å². The Morgan fingerprint density at radius 1 is 1.77 bits per heavy atom. The van der Waals surface area contributed by atoms with Crippen LogP contribution in [0.2, 0.25) is 0 Å². The van der Waals surface area contributed by atoms with Crippen molar-refractivity contribution in [2.24, 2.45) is 5.73 Å².